The van der Waals surface area contributed by atoms with Crippen molar-refractivity contribution in [3.63, 3.8) is 0 Å². The van der Waals surface area contributed by atoms with Gasteiger partial charge in [-0.1, -0.05) is 0 Å². The van der Waals surface area contributed by atoms with E-state index in [9.17, 15) is 4.57 Å². The third-order valence-corrected chi connectivity index (χ3v) is 4.54. The van der Waals surface area contributed by atoms with Crippen LogP contribution in [0, 0.1) is 0 Å². The number of nitrogens with one attached hydrogen (secondary N) is 1. The Morgan fingerprint density at radius 2 is 2.20 bits per heavy atom. The van der Waals surface area contributed by atoms with E-state index < -0.39 is 7.52 Å². The van der Waals surface area contributed by atoms with Crippen LogP contribution in [0.3, 0.4) is 0 Å². The molecule has 1 aliphatic rings. The third kappa shape index (κ3) is 4.21. The summed E-state index contributed by atoms with van der Waals surface area (Å²) in [5, 5.41) is 3.24. The van der Waals surface area contributed by atoms with Gasteiger partial charge in [0.1, 0.15) is 0 Å². The Balaban J connectivity index is 2.33. The molecule has 1 saturated heterocycles. The van der Waals surface area contributed by atoms with Crippen LogP contribution in [0.15, 0.2) is 0 Å². The molecule has 1 rings (SSSR count). The Hall–Kier alpha value is 0.0700. The highest BCUT2D eigenvalue weighted by Crippen LogP contribution is 2.44. The summed E-state index contributed by atoms with van der Waals surface area (Å²) in [4.78, 5) is 0. The van der Waals surface area contributed by atoms with Crippen LogP contribution in [0.4, 0.5) is 0 Å². The van der Waals surface area contributed by atoms with Gasteiger partial charge in [0.2, 0.25) is 0 Å². The quantitative estimate of drug-likeness (QED) is 0.730. The SMILES string of the molecule is C[C@H]1CNC[C@@H](COP(C)(=O)N(C)C)O1. The molecule has 1 fully saturated rings. The number of morpholine rings is 1. The van der Waals surface area contributed by atoms with Crippen LogP contribution >= 0.6 is 7.52 Å². The summed E-state index contributed by atoms with van der Waals surface area (Å²) in [5.41, 5.74) is 0. The van der Waals surface area contributed by atoms with Crippen molar-refractivity contribution in [3.8, 4) is 0 Å². The second-order valence-corrected chi connectivity index (χ2v) is 6.84. The van der Waals surface area contributed by atoms with Crippen LogP contribution in [0.5, 0.6) is 0 Å². The predicted molar refractivity (Wildman–Crippen MR) is 60.4 cm³/mol. The van der Waals surface area contributed by atoms with Crippen molar-refractivity contribution in [1.29, 1.82) is 0 Å². The van der Waals surface area contributed by atoms with Crippen LogP contribution in [-0.2, 0) is 13.8 Å². The second kappa shape index (κ2) is 5.41. The van der Waals surface area contributed by atoms with E-state index in [2.05, 4.69) is 5.32 Å². The molecule has 0 spiro atoms. The summed E-state index contributed by atoms with van der Waals surface area (Å²) in [7, 11) is 0.881. The van der Waals surface area contributed by atoms with Gasteiger partial charge in [0.25, 0.3) is 7.52 Å². The molecule has 0 bridgehead atoms. The molecule has 3 atom stereocenters. The molecule has 1 heterocycles. The van der Waals surface area contributed by atoms with Crippen LogP contribution in [-0.4, -0.2) is 57.3 Å². The zero-order valence-electron chi connectivity index (χ0n) is 9.90. The van der Waals surface area contributed by atoms with Crippen LogP contribution < -0.4 is 5.32 Å². The zero-order chi connectivity index (χ0) is 11.5. The largest absolute Gasteiger partial charge is 0.370 e. The highest BCUT2D eigenvalue weighted by Gasteiger charge is 2.24. The van der Waals surface area contributed by atoms with E-state index in [0.29, 0.717) is 6.61 Å². The summed E-state index contributed by atoms with van der Waals surface area (Å²) in [6.45, 7) is 5.64. The van der Waals surface area contributed by atoms with Crippen LogP contribution in [0.2, 0.25) is 0 Å². The van der Waals surface area contributed by atoms with Gasteiger partial charge in [-0.3, -0.25) is 4.57 Å². The maximum Gasteiger partial charge on any atom is 0.268 e. The van der Waals surface area contributed by atoms with Crippen LogP contribution in [0.25, 0.3) is 0 Å². The summed E-state index contributed by atoms with van der Waals surface area (Å²) in [5.74, 6) is 0. The van der Waals surface area contributed by atoms with Crippen molar-refractivity contribution in [3.05, 3.63) is 0 Å². The summed E-state index contributed by atoms with van der Waals surface area (Å²) < 4.78 is 24.5. The second-order valence-electron chi connectivity index (χ2n) is 4.17. The van der Waals surface area contributed by atoms with Crippen molar-refractivity contribution >= 4 is 7.52 Å². The van der Waals surface area contributed by atoms with E-state index in [1.165, 1.54) is 0 Å². The minimum Gasteiger partial charge on any atom is -0.370 e. The van der Waals surface area contributed by atoms with Gasteiger partial charge in [-0.15, -0.1) is 0 Å². The summed E-state index contributed by atoms with van der Waals surface area (Å²) in [6.07, 6.45) is 0.199. The molecule has 0 aromatic carbocycles. The highest BCUT2D eigenvalue weighted by atomic mass is 31.2. The molecule has 0 aromatic rings. The Labute approximate surface area is 91.6 Å². The number of hydrogen-bond donors (Lipinski definition) is 1. The van der Waals surface area contributed by atoms with Gasteiger partial charge in [0, 0.05) is 19.8 Å². The fraction of sp³-hybridized carbons (Fsp3) is 1.00. The van der Waals surface area contributed by atoms with Crippen molar-refractivity contribution in [2.75, 3.05) is 40.5 Å². The third-order valence-electron chi connectivity index (χ3n) is 2.46. The van der Waals surface area contributed by atoms with Crippen molar-refractivity contribution < 1.29 is 13.8 Å². The van der Waals surface area contributed by atoms with Crippen LogP contribution in [0.1, 0.15) is 6.92 Å². The van der Waals surface area contributed by atoms with Crippen molar-refractivity contribution in [1.82, 2.24) is 9.99 Å². The lowest BCUT2D eigenvalue weighted by molar-refractivity contribution is -0.0474. The Morgan fingerprint density at radius 1 is 1.53 bits per heavy atom. The first kappa shape index (κ1) is 13.1. The fourth-order valence-corrected chi connectivity index (χ4v) is 1.98. The predicted octanol–water partition coefficient (Wildman–Crippen LogP) is 0.764. The minimum atomic E-state index is -2.63. The molecule has 1 aliphatic heterocycles. The number of nitrogens with zero attached hydrogens (tertiary/aromatic N) is 1. The van der Waals surface area contributed by atoms with Gasteiger partial charge >= 0.3 is 0 Å². The number of hydrogen-bond acceptors (Lipinski definition) is 4. The number of ether oxygens (including phenoxy) is 1. The summed E-state index contributed by atoms with van der Waals surface area (Å²) in [6, 6.07) is 0. The first-order valence-electron chi connectivity index (χ1n) is 5.18. The Morgan fingerprint density at radius 3 is 2.73 bits per heavy atom. The fourth-order valence-electron chi connectivity index (χ4n) is 1.31. The molecule has 1 N–H and O–H groups in total. The van der Waals surface area contributed by atoms with Gasteiger partial charge in [-0.25, -0.2) is 4.67 Å². The smallest absolute Gasteiger partial charge is 0.268 e. The van der Waals surface area contributed by atoms with E-state index in [1.54, 1.807) is 25.4 Å². The number of rotatable bonds is 4. The zero-order valence-corrected chi connectivity index (χ0v) is 10.8. The molecule has 90 valence electrons. The molecule has 0 radical (unpaired) electrons. The highest BCUT2D eigenvalue weighted by molar-refractivity contribution is 7.55. The first-order chi connectivity index (χ1) is 6.92. The Bertz CT molecular complexity index is 248. The average Bonchev–Trinajstić information content (AvgIpc) is 2.15. The molecule has 0 aromatic heterocycles. The summed E-state index contributed by atoms with van der Waals surface area (Å²) >= 11 is 0. The molecule has 6 heteroatoms. The lowest BCUT2D eigenvalue weighted by Crippen LogP contribution is -2.45. The molecule has 15 heavy (non-hydrogen) atoms. The minimum absolute atomic E-state index is 0.00183. The average molecular weight is 236 g/mol. The normalized spacial score (nSPS) is 31.5. The molecule has 0 aliphatic carbocycles. The molecule has 1 unspecified atom stereocenters. The Kier molecular flexibility index (Phi) is 4.74. The van der Waals surface area contributed by atoms with Gasteiger partial charge in [-0.05, 0) is 21.0 Å². The first-order valence-corrected chi connectivity index (χ1v) is 7.20. The van der Waals surface area contributed by atoms with Crippen molar-refractivity contribution in [2.45, 2.75) is 19.1 Å². The van der Waals surface area contributed by atoms with E-state index in [1.807, 2.05) is 6.92 Å². The lowest BCUT2D eigenvalue weighted by atomic mass is 10.3. The monoisotopic (exact) mass is 236 g/mol. The molecule has 0 amide bonds. The van der Waals surface area contributed by atoms with Crippen molar-refractivity contribution in [2.24, 2.45) is 0 Å². The molecular formula is C9H21N2O3P. The van der Waals surface area contributed by atoms with E-state index >= 15 is 0 Å². The maximum atomic E-state index is 11.9. The molecule has 5 nitrogen and oxygen atoms in total. The van der Waals surface area contributed by atoms with Gasteiger partial charge in [-0.2, -0.15) is 0 Å². The maximum absolute atomic E-state index is 11.9. The standard InChI is InChI=1S/C9H21N2O3P/c1-8-5-10-6-9(14-8)7-13-15(4,12)11(2)3/h8-10H,5-7H2,1-4H3/t8-,9-,15?/m0/s1. The lowest BCUT2D eigenvalue weighted by Gasteiger charge is -2.30. The van der Waals surface area contributed by atoms with E-state index in [-0.39, 0.29) is 12.2 Å². The molecule has 0 saturated carbocycles. The van der Waals surface area contributed by atoms with E-state index in [0.717, 1.165) is 13.1 Å². The topological polar surface area (TPSA) is 50.8 Å². The van der Waals surface area contributed by atoms with E-state index in [4.69, 9.17) is 9.26 Å². The van der Waals surface area contributed by atoms with Gasteiger partial charge in [0.05, 0.1) is 18.8 Å². The van der Waals surface area contributed by atoms with Gasteiger partial charge in [0.15, 0.2) is 0 Å². The van der Waals surface area contributed by atoms with Gasteiger partial charge < -0.3 is 14.6 Å². The molecular weight excluding hydrogens is 215 g/mol.